The molecule has 0 radical (unpaired) electrons. The number of carbonyl (C=O) groups excluding carboxylic acids is 2. The summed E-state index contributed by atoms with van der Waals surface area (Å²) in [5.41, 5.74) is 0.964. The average Bonchev–Trinajstić information content (AvgIpc) is 3.07. The number of hydrogen-bond acceptors (Lipinski definition) is 4. The van der Waals surface area contributed by atoms with Crippen molar-refractivity contribution < 1.29 is 14.3 Å². The van der Waals surface area contributed by atoms with Gasteiger partial charge in [0.1, 0.15) is 0 Å². The van der Waals surface area contributed by atoms with E-state index < -0.39 is 0 Å². The van der Waals surface area contributed by atoms with Gasteiger partial charge in [-0.3, -0.25) is 9.59 Å². The Labute approximate surface area is 155 Å². The third kappa shape index (κ3) is 6.34. The molecule has 0 bridgehead atoms. The topological polar surface area (TPSA) is 67.4 Å². The predicted octanol–water partition coefficient (Wildman–Crippen LogP) is 2.96. The van der Waals surface area contributed by atoms with Crippen LogP contribution < -0.4 is 10.6 Å². The summed E-state index contributed by atoms with van der Waals surface area (Å²) in [6.07, 6.45) is 3.12. The van der Waals surface area contributed by atoms with Crippen molar-refractivity contribution in [2.24, 2.45) is 0 Å². The minimum atomic E-state index is -0.324. The second kappa shape index (κ2) is 9.98. The molecular formula is C18H19ClN2O3S. The SMILES string of the molecule is COCCNC(=O)CNC(=O)C=Cc1ccc(-c2ccccc2Cl)s1. The molecule has 25 heavy (non-hydrogen) atoms. The van der Waals surface area contributed by atoms with Gasteiger partial charge in [0, 0.05) is 40.1 Å². The Balaban J connectivity index is 1.85. The highest BCUT2D eigenvalue weighted by molar-refractivity contribution is 7.16. The first kappa shape index (κ1) is 19.2. The third-order valence-corrected chi connectivity index (χ3v) is 4.63. The van der Waals surface area contributed by atoms with Gasteiger partial charge in [0.25, 0.3) is 0 Å². The molecule has 0 aliphatic rings. The van der Waals surface area contributed by atoms with Crippen LogP contribution in [0.1, 0.15) is 4.88 Å². The first-order chi connectivity index (χ1) is 12.1. The Morgan fingerprint density at radius 2 is 2.00 bits per heavy atom. The van der Waals surface area contributed by atoms with E-state index in [0.29, 0.717) is 18.2 Å². The van der Waals surface area contributed by atoms with E-state index in [1.807, 2.05) is 36.4 Å². The molecule has 0 atom stereocenters. The van der Waals surface area contributed by atoms with E-state index in [2.05, 4.69) is 10.6 Å². The van der Waals surface area contributed by atoms with Crippen molar-refractivity contribution >= 4 is 40.8 Å². The molecule has 132 valence electrons. The number of methoxy groups -OCH3 is 1. The molecule has 0 spiro atoms. The molecule has 5 nitrogen and oxygen atoms in total. The Morgan fingerprint density at radius 1 is 1.20 bits per heavy atom. The number of ether oxygens (including phenoxy) is 1. The van der Waals surface area contributed by atoms with Crippen molar-refractivity contribution in [2.45, 2.75) is 0 Å². The highest BCUT2D eigenvalue weighted by atomic mass is 35.5. The number of thiophene rings is 1. The Bertz CT molecular complexity index is 758. The summed E-state index contributed by atoms with van der Waals surface area (Å²) in [5.74, 6) is -0.578. The van der Waals surface area contributed by atoms with Gasteiger partial charge in [-0.25, -0.2) is 0 Å². The molecular weight excluding hydrogens is 360 g/mol. The zero-order valence-corrected chi connectivity index (χ0v) is 15.3. The lowest BCUT2D eigenvalue weighted by Crippen LogP contribution is -2.37. The summed E-state index contributed by atoms with van der Waals surface area (Å²) < 4.78 is 4.83. The van der Waals surface area contributed by atoms with Crippen LogP contribution in [0.5, 0.6) is 0 Å². The van der Waals surface area contributed by atoms with E-state index in [9.17, 15) is 9.59 Å². The summed E-state index contributed by atoms with van der Waals surface area (Å²) in [4.78, 5) is 25.2. The molecule has 2 N–H and O–H groups in total. The van der Waals surface area contributed by atoms with E-state index in [-0.39, 0.29) is 18.4 Å². The number of nitrogens with one attached hydrogen (secondary N) is 2. The predicted molar refractivity (Wildman–Crippen MR) is 102 cm³/mol. The second-order valence-corrected chi connectivity index (χ2v) is 6.60. The molecule has 0 saturated heterocycles. The van der Waals surface area contributed by atoms with Gasteiger partial charge in [0.05, 0.1) is 13.2 Å². The summed E-state index contributed by atoms with van der Waals surface area (Å²) in [6.45, 7) is 0.787. The lowest BCUT2D eigenvalue weighted by molar-refractivity contribution is -0.124. The molecule has 7 heteroatoms. The molecule has 1 aromatic heterocycles. The molecule has 2 amide bonds. The standard InChI is InChI=1S/C18H19ClN2O3S/c1-24-11-10-20-18(23)12-21-17(22)9-7-13-6-8-16(25-13)14-4-2-3-5-15(14)19/h2-9H,10-12H2,1H3,(H,20,23)(H,21,22). The summed E-state index contributed by atoms with van der Waals surface area (Å²) >= 11 is 7.73. The van der Waals surface area contributed by atoms with E-state index >= 15 is 0 Å². The van der Waals surface area contributed by atoms with Gasteiger partial charge in [-0.2, -0.15) is 0 Å². The van der Waals surface area contributed by atoms with E-state index in [1.165, 1.54) is 17.4 Å². The maximum absolute atomic E-state index is 11.8. The maximum atomic E-state index is 11.8. The van der Waals surface area contributed by atoms with Gasteiger partial charge < -0.3 is 15.4 Å². The van der Waals surface area contributed by atoms with Crippen molar-refractivity contribution in [1.29, 1.82) is 0 Å². The fourth-order valence-electron chi connectivity index (χ4n) is 1.99. The first-order valence-electron chi connectivity index (χ1n) is 7.66. The highest BCUT2D eigenvalue weighted by Gasteiger charge is 2.06. The molecule has 0 aliphatic carbocycles. The van der Waals surface area contributed by atoms with Crippen molar-refractivity contribution in [3.63, 3.8) is 0 Å². The monoisotopic (exact) mass is 378 g/mol. The van der Waals surface area contributed by atoms with Crippen LogP contribution in [0.3, 0.4) is 0 Å². The number of halogens is 1. The molecule has 0 saturated carbocycles. The van der Waals surface area contributed by atoms with E-state index in [1.54, 1.807) is 13.2 Å². The first-order valence-corrected chi connectivity index (χ1v) is 8.86. The van der Waals surface area contributed by atoms with Gasteiger partial charge in [-0.15, -0.1) is 11.3 Å². The van der Waals surface area contributed by atoms with Gasteiger partial charge in [0.15, 0.2) is 0 Å². The fourth-order valence-corrected chi connectivity index (χ4v) is 3.23. The number of carbonyl (C=O) groups is 2. The molecule has 0 fully saturated rings. The van der Waals surface area contributed by atoms with Crippen LogP contribution in [0.4, 0.5) is 0 Å². The summed E-state index contributed by atoms with van der Waals surface area (Å²) in [6, 6.07) is 11.5. The number of benzene rings is 1. The zero-order chi connectivity index (χ0) is 18.1. The Hall–Kier alpha value is -2.15. The third-order valence-electron chi connectivity index (χ3n) is 3.22. The van der Waals surface area contributed by atoms with Gasteiger partial charge >= 0.3 is 0 Å². The summed E-state index contributed by atoms with van der Waals surface area (Å²) in [7, 11) is 1.56. The van der Waals surface area contributed by atoms with Crippen LogP contribution in [0.25, 0.3) is 16.5 Å². The maximum Gasteiger partial charge on any atom is 0.244 e. The van der Waals surface area contributed by atoms with E-state index in [4.69, 9.17) is 16.3 Å². The highest BCUT2D eigenvalue weighted by Crippen LogP contribution is 2.33. The molecule has 0 unspecified atom stereocenters. The van der Waals surface area contributed by atoms with Crippen LogP contribution in [0, 0.1) is 0 Å². The Kier molecular flexibility index (Phi) is 7.66. The quantitative estimate of drug-likeness (QED) is 0.548. The molecule has 1 aromatic carbocycles. The minimum Gasteiger partial charge on any atom is -0.383 e. The molecule has 1 heterocycles. The Morgan fingerprint density at radius 3 is 2.76 bits per heavy atom. The van der Waals surface area contributed by atoms with Crippen molar-refractivity contribution in [3.8, 4) is 10.4 Å². The number of hydrogen-bond donors (Lipinski definition) is 2. The zero-order valence-electron chi connectivity index (χ0n) is 13.8. The van der Waals surface area contributed by atoms with Gasteiger partial charge in [-0.1, -0.05) is 29.8 Å². The van der Waals surface area contributed by atoms with Crippen LogP contribution in [-0.4, -0.2) is 38.6 Å². The van der Waals surface area contributed by atoms with Gasteiger partial charge in [-0.05, 0) is 24.3 Å². The van der Waals surface area contributed by atoms with Gasteiger partial charge in [0.2, 0.25) is 11.8 Å². The number of amides is 2. The largest absolute Gasteiger partial charge is 0.383 e. The average molecular weight is 379 g/mol. The molecule has 0 aliphatic heterocycles. The number of rotatable bonds is 8. The van der Waals surface area contributed by atoms with E-state index in [0.717, 1.165) is 15.3 Å². The smallest absolute Gasteiger partial charge is 0.244 e. The molecule has 2 aromatic rings. The fraction of sp³-hybridized carbons (Fsp3) is 0.222. The second-order valence-electron chi connectivity index (χ2n) is 5.08. The summed E-state index contributed by atoms with van der Waals surface area (Å²) in [5, 5.41) is 5.85. The van der Waals surface area contributed by atoms with Crippen LogP contribution in [0.2, 0.25) is 5.02 Å². The van der Waals surface area contributed by atoms with Crippen LogP contribution in [-0.2, 0) is 14.3 Å². The minimum absolute atomic E-state index is 0.0673. The van der Waals surface area contributed by atoms with Crippen molar-refractivity contribution in [1.82, 2.24) is 10.6 Å². The lowest BCUT2D eigenvalue weighted by atomic mass is 10.2. The normalized spacial score (nSPS) is 10.8. The lowest BCUT2D eigenvalue weighted by Gasteiger charge is -2.04. The van der Waals surface area contributed by atoms with Crippen LogP contribution in [0.15, 0.2) is 42.5 Å². The van der Waals surface area contributed by atoms with Crippen LogP contribution >= 0.6 is 22.9 Å². The van der Waals surface area contributed by atoms with Crippen molar-refractivity contribution in [2.75, 3.05) is 26.8 Å². The molecule has 2 rings (SSSR count). The van der Waals surface area contributed by atoms with Crippen molar-refractivity contribution in [3.05, 3.63) is 52.4 Å².